The van der Waals surface area contributed by atoms with Crippen molar-refractivity contribution in [2.24, 2.45) is 0 Å². The van der Waals surface area contributed by atoms with Crippen LogP contribution in [0.4, 0.5) is 5.69 Å². The van der Waals surface area contributed by atoms with Gasteiger partial charge >= 0.3 is 0 Å². The summed E-state index contributed by atoms with van der Waals surface area (Å²) in [6, 6.07) is 12.5. The van der Waals surface area contributed by atoms with Gasteiger partial charge in [-0.1, -0.05) is 12.1 Å². The van der Waals surface area contributed by atoms with Crippen molar-refractivity contribution in [3.63, 3.8) is 0 Å². The van der Waals surface area contributed by atoms with Gasteiger partial charge in [-0.3, -0.25) is 9.59 Å². The number of sulfone groups is 1. The summed E-state index contributed by atoms with van der Waals surface area (Å²) >= 11 is 0. The molecule has 0 saturated carbocycles. The van der Waals surface area contributed by atoms with E-state index in [0.29, 0.717) is 17.7 Å². The van der Waals surface area contributed by atoms with Crippen molar-refractivity contribution in [2.45, 2.75) is 12.5 Å². The Labute approximate surface area is 162 Å². The van der Waals surface area contributed by atoms with Gasteiger partial charge in [-0.2, -0.15) is 5.26 Å². The maximum absolute atomic E-state index is 12.7. The number of pyridine rings is 1. The van der Waals surface area contributed by atoms with E-state index in [2.05, 4.69) is 10.3 Å². The monoisotopic (exact) mass is 398 g/mol. The lowest BCUT2D eigenvalue weighted by Gasteiger charge is -2.23. The SMILES string of the molecule is CN(C(=O)c1cccc(C(=O)Nc2cccc(C#N)c2)n1)C1CCS(=O)(=O)C1. The first-order valence-electron chi connectivity index (χ1n) is 8.55. The Kier molecular flexibility index (Phi) is 5.42. The highest BCUT2D eigenvalue weighted by Crippen LogP contribution is 2.18. The topological polar surface area (TPSA) is 120 Å². The number of carbonyl (C=O) groups is 2. The van der Waals surface area contributed by atoms with E-state index in [1.54, 1.807) is 24.3 Å². The van der Waals surface area contributed by atoms with Gasteiger partial charge in [0.2, 0.25) is 0 Å². The van der Waals surface area contributed by atoms with Crippen LogP contribution in [-0.4, -0.2) is 54.7 Å². The average Bonchev–Trinajstić information content (AvgIpc) is 3.06. The molecule has 1 aromatic carbocycles. The number of rotatable bonds is 4. The molecule has 2 aromatic rings. The fourth-order valence-electron chi connectivity index (χ4n) is 2.97. The van der Waals surface area contributed by atoms with Crippen molar-refractivity contribution < 1.29 is 18.0 Å². The van der Waals surface area contributed by atoms with Gasteiger partial charge in [-0.05, 0) is 36.8 Å². The molecule has 1 fully saturated rings. The van der Waals surface area contributed by atoms with E-state index < -0.39 is 27.7 Å². The predicted molar refractivity (Wildman–Crippen MR) is 102 cm³/mol. The maximum Gasteiger partial charge on any atom is 0.274 e. The van der Waals surface area contributed by atoms with Crippen LogP contribution >= 0.6 is 0 Å². The Hall–Kier alpha value is -3.25. The van der Waals surface area contributed by atoms with Gasteiger partial charge < -0.3 is 10.2 Å². The molecule has 2 heterocycles. The molecule has 1 unspecified atom stereocenters. The van der Waals surface area contributed by atoms with Gasteiger partial charge in [0.25, 0.3) is 11.8 Å². The number of anilines is 1. The average molecular weight is 398 g/mol. The summed E-state index contributed by atoms with van der Waals surface area (Å²) in [6.45, 7) is 0. The first-order valence-corrected chi connectivity index (χ1v) is 10.4. The predicted octanol–water partition coefficient (Wildman–Crippen LogP) is 1.46. The third-order valence-corrected chi connectivity index (χ3v) is 6.28. The largest absolute Gasteiger partial charge is 0.336 e. The van der Waals surface area contributed by atoms with Crippen molar-refractivity contribution in [3.05, 3.63) is 59.4 Å². The fourth-order valence-corrected chi connectivity index (χ4v) is 4.74. The Balaban J connectivity index is 1.75. The lowest BCUT2D eigenvalue weighted by molar-refractivity contribution is 0.0741. The van der Waals surface area contributed by atoms with Gasteiger partial charge in [0, 0.05) is 18.8 Å². The number of amides is 2. The van der Waals surface area contributed by atoms with Crippen molar-refractivity contribution in [3.8, 4) is 6.07 Å². The lowest BCUT2D eigenvalue weighted by atomic mass is 10.2. The molecular formula is C19H18N4O4S. The molecule has 1 aliphatic rings. The number of hydrogen-bond donors (Lipinski definition) is 1. The number of nitrogens with zero attached hydrogens (tertiary/aromatic N) is 3. The molecule has 1 saturated heterocycles. The second-order valence-electron chi connectivity index (χ2n) is 6.53. The van der Waals surface area contributed by atoms with Crippen LogP contribution in [-0.2, 0) is 9.84 Å². The quantitative estimate of drug-likeness (QED) is 0.832. The van der Waals surface area contributed by atoms with Crippen LogP contribution in [0.5, 0.6) is 0 Å². The first kappa shape index (κ1) is 19.5. The van der Waals surface area contributed by atoms with E-state index in [1.807, 2.05) is 6.07 Å². The van der Waals surface area contributed by atoms with E-state index in [4.69, 9.17) is 5.26 Å². The highest BCUT2D eigenvalue weighted by molar-refractivity contribution is 7.91. The molecular weight excluding hydrogens is 380 g/mol. The van der Waals surface area contributed by atoms with E-state index in [-0.39, 0.29) is 22.9 Å². The van der Waals surface area contributed by atoms with Crippen molar-refractivity contribution in [1.29, 1.82) is 5.26 Å². The number of nitrogens with one attached hydrogen (secondary N) is 1. The summed E-state index contributed by atoms with van der Waals surface area (Å²) < 4.78 is 23.3. The zero-order valence-electron chi connectivity index (χ0n) is 15.1. The summed E-state index contributed by atoms with van der Waals surface area (Å²) in [5, 5.41) is 11.6. The van der Waals surface area contributed by atoms with Crippen LogP contribution < -0.4 is 5.32 Å². The number of hydrogen-bond acceptors (Lipinski definition) is 6. The van der Waals surface area contributed by atoms with E-state index >= 15 is 0 Å². The number of benzene rings is 1. The molecule has 1 aliphatic heterocycles. The molecule has 0 bridgehead atoms. The van der Waals surface area contributed by atoms with Crippen molar-refractivity contribution in [1.82, 2.24) is 9.88 Å². The molecule has 1 atom stereocenters. The minimum atomic E-state index is -3.12. The summed E-state index contributed by atoms with van der Waals surface area (Å²) in [5.74, 6) is -0.962. The summed E-state index contributed by atoms with van der Waals surface area (Å²) in [4.78, 5) is 30.6. The number of nitriles is 1. The molecule has 8 nitrogen and oxygen atoms in total. The van der Waals surface area contributed by atoms with Crippen LogP contribution in [0.2, 0.25) is 0 Å². The fraction of sp³-hybridized carbons (Fsp3) is 0.263. The van der Waals surface area contributed by atoms with E-state index in [9.17, 15) is 18.0 Å². The molecule has 1 N–H and O–H groups in total. The summed E-state index contributed by atoms with van der Waals surface area (Å²) in [6.07, 6.45) is 0.389. The zero-order valence-corrected chi connectivity index (χ0v) is 15.9. The molecule has 0 spiro atoms. The summed E-state index contributed by atoms with van der Waals surface area (Å²) in [7, 11) is -1.58. The molecule has 9 heteroatoms. The summed E-state index contributed by atoms with van der Waals surface area (Å²) in [5.41, 5.74) is 0.949. The second-order valence-corrected chi connectivity index (χ2v) is 8.76. The first-order chi connectivity index (χ1) is 13.3. The van der Waals surface area contributed by atoms with Gasteiger partial charge in [0.05, 0.1) is 23.1 Å². The van der Waals surface area contributed by atoms with E-state index in [0.717, 1.165) is 0 Å². The van der Waals surface area contributed by atoms with Crippen molar-refractivity contribution >= 4 is 27.3 Å². The van der Waals surface area contributed by atoms with Crippen LogP contribution in [0, 0.1) is 11.3 Å². The highest BCUT2D eigenvalue weighted by atomic mass is 32.2. The molecule has 1 aromatic heterocycles. The van der Waals surface area contributed by atoms with Crippen LogP contribution in [0.1, 0.15) is 33.0 Å². The van der Waals surface area contributed by atoms with Crippen LogP contribution in [0.3, 0.4) is 0 Å². The molecule has 0 radical (unpaired) electrons. The standard InChI is InChI=1S/C19H18N4O4S/c1-23(15-8-9-28(26,27)12-15)19(25)17-7-3-6-16(22-17)18(24)21-14-5-2-4-13(10-14)11-20/h2-7,10,15H,8-9,12H2,1H3,(H,21,24). The molecule has 144 valence electrons. The third kappa shape index (κ3) is 4.35. The Bertz CT molecular complexity index is 1080. The Morgan fingerprint density at radius 3 is 2.61 bits per heavy atom. The van der Waals surface area contributed by atoms with E-state index in [1.165, 1.54) is 30.1 Å². The van der Waals surface area contributed by atoms with Crippen molar-refractivity contribution in [2.75, 3.05) is 23.9 Å². The number of aromatic nitrogens is 1. The molecule has 2 amide bonds. The van der Waals surface area contributed by atoms with Gasteiger partial charge in [-0.25, -0.2) is 13.4 Å². The molecule has 28 heavy (non-hydrogen) atoms. The minimum absolute atomic E-state index is 0.0423. The van der Waals surface area contributed by atoms with Gasteiger partial charge in [-0.15, -0.1) is 0 Å². The lowest BCUT2D eigenvalue weighted by Crippen LogP contribution is -2.38. The molecule has 3 rings (SSSR count). The normalized spacial score (nSPS) is 17.5. The van der Waals surface area contributed by atoms with Crippen LogP contribution in [0.15, 0.2) is 42.5 Å². The Morgan fingerprint density at radius 1 is 1.21 bits per heavy atom. The minimum Gasteiger partial charge on any atom is -0.336 e. The third-order valence-electron chi connectivity index (χ3n) is 4.53. The highest BCUT2D eigenvalue weighted by Gasteiger charge is 2.33. The van der Waals surface area contributed by atoms with Gasteiger partial charge in [0.15, 0.2) is 9.84 Å². The maximum atomic E-state index is 12.7. The second kappa shape index (κ2) is 7.78. The van der Waals surface area contributed by atoms with Crippen LogP contribution in [0.25, 0.3) is 0 Å². The van der Waals surface area contributed by atoms with Gasteiger partial charge in [0.1, 0.15) is 11.4 Å². The zero-order chi connectivity index (χ0) is 20.3. The molecule has 0 aliphatic carbocycles. The smallest absolute Gasteiger partial charge is 0.274 e. The number of carbonyl (C=O) groups excluding carboxylic acids is 2. The Morgan fingerprint density at radius 2 is 1.93 bits per heavy atom.